The van der Waals surface area contributed by atoms with Gasteiger partial charge in [0.1, 0.15) is 0 Å². The van der Waals surface area contributed by atoms with Gasteiger partial charge in [-0.3, -0.25) is 11.3 Å². The Kier molecular flexibility index (Phi) is 5.63. The van der Waals surface area contributed by atoms with Crippen LogP contribution in [0.15, 0.2) is 17.5 Å². The second-order valence-electron chi connectivity index (χ2n) is 4.72. The van der Waals surface area contributed by atoms with Crippen molar-refractivity contribution in [3.8, 4) is 0 Å². The Labute approximate surface area is 117 Å². The Bertz CT molecular complexity index is 433. The summed E-state index contributed by atoms with van der Waals surface area (Å²) >= 11 is 3.69. The molecule has 4 heteroatoms. The molecule has 100 valence electrons. The van der Waals surface area contributed by atoms with Gasteiger partial charge in [-0.2, -0.15) is 0 Å². The third-order valence-electron chi connectivity index (χ3n) is 3.30. The number of hydrogen-bond acceptors (Lipinski definition) is 4. The molecule has 0 saturated carbocycles. The standard InChI is InChI=1S/C14H22N2S2/c1-2-3-4-5-6-7-11(16-15)13-10-14-12(18-13)8-9-17-14/h8-11,16H,2-7,15H2,1H3. The van der Waals surface area contributed by atoms with Gasteiger partial charge < -0.3 is 0 Å². The summed E-state index contributed by atoms with van der Waals surface area (Å²) in [5, 5.41) is 2.15. The number of nitrogens with two attached hydrogens (primary N) is 1. The van der Waals surface area contributed by atoms with Crippen molar-refractivity contribution in [3.05, 3.63) is 22.4 Å². The van der Waals surface area contributed by atoms with Crippen molar-refractivity contribution in [3.63, 3.8) is 0 Å². The van der Waals surface area contributed by atoms with Crippen molar-refractivity contribution in [2.75, 3.05) is 0 Å². The van der Waals surface area contributed by atoms with Crippen LogP contribution < -0.4 is 11.3 Å². The van der Waals surface area contributed by atoms with Crippen LogP contribution in [0.25, 0.3) is 9.40 Å². The molecule has 18 heavy (non-hydrogen) atoms. The molecule has 1 unspecified atom stereocenters. The highest BCUT2D eigenvalue weighted by Crippen LogP contribution is 2.34. The third kappa shape index (κ3) is 3.54. The van der Waals surface area contributed by atoms with E-state index in [0.717, 1.165) is 6.42 Å². The van der Waals surface area contributed by atoms with Crippen molar-refractivity contribution in [1.82, 2.24) is 5.43 Å². The predicted molar refractivity (Wildman–Crippen MR) is 83.1 cm³/mol. The van der Waals surface area contributed by atoms with Crippen LogP contribution in [-0.4, -0.2) is 0 Å². The van der Waals surface area contributed by atoms with E-state index in [-0.39, 0.29) is 0 Å². The van der Waals surface area contributed by atoms with Gasteiger partial charge in [0.25, 0.3) is 0 Å². The molecule has 0 aliphatic rings. The molecular formula is C14H22N2S2. The molecule has 0 aliphatic heterocycles. The van der Waals surface area contributed by atoms with Crippen molar-refractivity contribution in [1.29, 1.82) is 0 Å². The van der Waals surface area contributed by atoms with Crippen LogP contribution in [0, 0.1) is 0 Å². The first-order valence-electron chi connectivity index (χ1n) is 6.78. The number of hydrogen-bond donors (Lipinski definition) is 2. The summed E-state index contributed by atoms with van der Waals surface area (Å²) in [6.07, 6.45) is 7.75. The lowest BCUT2D eigenvalue weighted by atomic mass is 10.1. The second-order valence-corrected chi connectivity index (χ2v) is 6.78. The van der Waals surface area contributed by atoms with E-state index in [4.69, 9.17) is 5.84 Å². The maximum atomic E-state index is 5.70. The number of hydrazine groups is 1. The highest BCUT2D eigenvalue weighted by atomic mass is 32.1. The van der Waals surface area contributed by atoms with E-state index in [1.54, 1.807) is 0 Å². The molecule has 0 radical (unpaired) electrons. The molecule has 3 N–H and O–H groups in total. The van der Waals surface area contributed by atoms with E-state index in [0.29, 0.717) is 6.04 Å². The van der Waals surface area contributed by atoms with E-state index < -0.39 is 0 Å². The average Bonchev–Trinajstić information content (AvgIpc) is 2.94. The van der Waals surface area contributed by atoms with Crippen LogP contribution in [0.5, 0.6) is 0 Å². The molecule has 0 fully saturated rings. The van der Waals surface area contributed by atoms with Crippen LogP contribution in [0.1, 0.15) is 56.4 Å². The summed E-state index contributed by atoms with van der Waals surface area (Å²) in [5.41, 5.74) is 2.98. The highest BCUT2D eigenvalue weighted by molar-refractivity contribution is 7.26. The fraction of sp³-hybridized carbons (Fsp3) is 0.571. The Hall–Kier alpha value is -0.420. The minimum absolute atomic E-state index is 0.330. The van der Waals surface area contributed by atoms with Gasteiger partial charge in [0, 0.05) is 14.3 Å². The Morgan fingerprint density at radius 3 is 2.78 bits per heavy atom. The van der Waals surface area contributed by atoms with E-state index in [2.05, 4.69) is 29.9 Å². The lowest BCUT2D eigenvalue weighted by Crippen LogP contribution is -2.27. The van der Waals surface area contributed by atoms with E-state index in [1.165, 1.54) is 46.4 Å². The molecule has 2 aromatic rings. The number of rotatable bonds is 8. The van der Waals surface area contributed by atoms with Crippen LogP contribution in [-0.2, 0) is 0 Å². The zero-order valence-corrected chi connectivity index (χ0v) is 12.6. The molecule has 0 aromatic carbocycles. The molecule has 2 rings (SSSR count). The largest absolute Gasteiger partial charge is 0.271 e. The van der Waals surface area contributed by atoms with Crippen molar-refractivity contribution >= 4 is 32.1 Å². The lowest BCUT2D eigenvalue weighted by Gasteiger charge is -2.13. The SMILES string of the molecule is CCCCCCCC(NN)c1cc2sccc2s1. The second kappa shape index (κ2) is 7.24. The Morgan fingerprint density at radius 2 is 2.06 bits per heavy atom. The predicted octanol–water partition coefficient (Wildman–Crippen LogP) is 4.83. The average molecular weight is 282 g/mol. The number of nitrogens with one attached hydrogen (secondary N) is 1. The zero-order valence-electron chi connectivity index (χ0n) is 10.9. The molecule has 1 atom stereocenters. The lowest BCUT2D eigenvalue weighted by molar-refractivity contribution is 0.485. The number of fused-ring (bicyclic) bond motifs is 1. The zero-order chi connectivity index (χ0) is 12.8. The van der Waals surface area contributed by atoms with Crippen molar-refractivity contribution in [2.24, 2.45) is 5.84 Å². The molecule has 0 saturated heterocycles. The minimum Gasteiger partial charge on any atom is -0.271 e. The summed E-state index contributed by atoms with van der Waals surface area (Å²) in [7, 11) is 0. The first-order chi connectivity index (χ1) is 8.85. The maximum Gasteiger partial charge on any atom is 0.0554 e. The van der Waals surface area contributed by atoms with Crippen LogP contribution in [0.4, 0.5) is 0 Å². The van der Waals surface area contributed by atoms with Crippen molar-refractivity contribution in [2.45, 2.75) is 51.5 Å². The van der Waals surface area contributed by atoms with Gasteiger partial charge in [0.2, 0.25) is 0 Å². The molecule has 0 spiro atoms. The number of unbranched alkanes of at least 4 members (excludes halogenated alkanes) is 4. The summed E-state index contributed by atoms with van der Waals surface area (Å²) in [4.78, 5) is 1.38. The van der Waals surface area contributed by atoms with Gasteiger partial charge in [0.15, 0.2) is 0 Å². The normalized spacial score (nSPS) is 13.2. The molecule has 2 nitrogen and oxygen atoms in total. The fourth-order valence-electron chi connectivity index (χ4n) is 2.22. The van der Waals surface area contributed by atoms with E-state index in [1.807, 2.05) is 22.7 Å². The molecule has 2 heterocycles. The molecule has 2 aromatic heterocycles. The Balaban J connectivity index is 1.86. The summed E-state index contributed by atoms with van der Waals surface area (Å²) < 4.78 is 2.78. The van der Waals surface area contributed by atoms with Gasteiger partial charge in [-0.1, -0.05) is 39.0 Å². The molecular weight excluding hydrogens is 260 g/mol. The highest BCUT2D eigenvalue weighted by Gasteiger charge is 2.13. The van der Waals surface area contributed by atoms with Crippen LogP contribution in [0.3, 0.4) is 0 Å². The summed E-state index contributed by atoms with van der Waals surface area (Å²) in [6.45, 7) is 2.25. The topological polar surface area (TPSA) is 38.0 Å². The third-order valence-corrected chi connectivity index (χ3v) is 5.51. The van der Waals surface area contributed by atoms with E-state index in [9.17, 15) is 0 Å². The first kappa shape index (κ1) is 14.0. The van der Waals surface area contributed by atoms with Gasteiger partial charge in [-0.25, -0.2) is 0 Å². The minimum atomic E-state index is 0.330. The quantitative estimate of drug-likeness (QED) is 0.413. The fourth-order valence-corrected chi connectivity index (χ4v) is 4.43. The van der Waals surface area contributed by atoms with Crippen molar-refractivity contribution < 1.29 is 0 Å². The maximum absolute atomic E-state index is 5.70. The van der Waals surface area contributed by atoms with Crippen LogP contribution >= 0.6 is 22.7 Å². The molecule has 0 aliphatic carbocycles. The van der Waals surface area contributed by atoms with Gasteiger partial charge in [0.05, 0.1) is 6.04 Å². The number of thiophene rings is 2. The smallest absolute Gasteiger partial charge is 0.0554 e. The van der Waals surface area contributed by atoms with Crippen LogP contribution in [0.2, 0.25) is 0 Å². The van der Waals surface area contributed by atoms with Gasteiger partial charge >= 0.3 is 0 Å². The molecule has 0 amide bonds. The summed E-state index contributed by atoms with van der Waals surface area (Å²) in [6, 6.07) is 4.82. The van der Waals surface area contributed by atoms with Gasteiger partial charge in [-0.15, -0.1) is 22.7 Å². The molecule has 0 bridgehead atoms. The van der Waals surface area contributed by atoms with E-state index >= 15 is 0 Å². The summed E-state index contributed by atoms with van der Waals surface area (Å²) in [5.74, 6) is 5.70. The van der Waals surface area contributed by atoms with Gasteiger partial charge in [-0.05, 0) is 23.9 Å². The monoisotopic (exact) mass is 282 g/mol. The Morgan fingerprint density at radius 1 is 1.22 bits per heavy atom. The first-order valence-corrected chi connectivity index (χ1v) is 8.47.